The van der Waals surface area contributed by atoms with E-state index in [1.165, 1.54) is 4.90 Å². The summed E-state index contributed by atoms with van der Waals surface area (Å²) in [4.78, 5) is 31.6. The first-order valence-corrected chi connectivity index (χ1v) is 11.1. The van der Waals surface area contributed by atoms with Crippen LogP contribution in [0.25, 0.3) is 0 Å². The van der Waals surface area contributed by atoms with Gasteiger partial charge >= 0.3 is 0 Å². The van der Waals surface area contributed by atoms with Gasteiger partial charge in [0.2, 0.25) is 17.8 Å². The minimum Gasteiger partial charge on any atom is -0.497 e. The molecule has 9 heteroatoms. The number of nitrogens with zero attached hydrogens (tertiary/aromatic N) is 2. The van der Waals surface area contributed by atoms with Crippen LogP contribution in [0.15, 0.2) is 77.2 Å². The Hall–Kier alpha value is -3.98. The molecule has 1 atom stereocenters. The first-order valence-electron chi connectivity index (χ1n) is 10.7. The summed E-state index contributed by atoms with van der Waals surface area (Å²) < 4.78 is 16.0. The fraction of sp³-hybridized carbons (Fsp3) is 0.200. The van der Waals surface area contributed by atoms with E-state index in [1.54, 1.807) is 43.5 Å². The Morgan fingerprint density at radius 2 is 1.97 bits per heavy atom. The molecule has 1 fully saturated rings. The monoisotopic (exact) mass is 475 g/mol. The Morgan fingerprint density at radius 1 is 1.18 bits per heavy atom. The van der Waals surface area contributed by atoms with E-state index in [2.05, 4.69) is 10.3 Å². The van der Waals surface area contributed by atoms with E-state index in [9.17, 15) is 9.59 Å². The fourth-order valence-corrected chi connectivity index (χ4v) is 4.15. The average molecular weight is 476 g/mol. The van der Waals surface area contributed by atoms with Crippen LogP contribution in [0.2, 0.25) is 0 Å². The molecule has 34 heavy (non-hydrogen) atoms. The van der Waals surface area contributed by atoms with Crippen molar-refractivity contribution in [1.82, 2.24) is 10.2 Å². The highest BCUT2D eigenvalue weighted by Crippen LogP contribution is 2.31. The van der Waals surface area contributed by atoms with Crippen molar-refractivity contribution in [2.24, 2.45) is 10.9 Å². The zero-order valence-electron chi connectivity index (χ0n) is 18.3. The maximum Gasteiger partial charge on any atom is 0.251 e. The van der Waals surface area contributed by atoms with E-state index in [0.29, 0.717) is 29.3 Å². The van der Waals surface area contributed by atoms with Crippen LogP contribution >= 0.6 is 12.2 Å². The third-order valence-corrected chi connectivity index (χ3v) is 6.03. The average Bonchev–Trinajstić information content (AvgIpc) is 3.32. The number of allylic oxidation sites excluding steroid dienone is 1. The van der Waals surface area contributed by atoms with Crippen LogP contribution in [0.4, 0.5) is 0 Å². The summed E-state index contributed by atoms with van der Waals surface area (Å²) in [6.07, 6.45) is 3.42. The molecular formula is C25H21N3O5S. The van der Waals surface area contributed by atoms with E-state index in [4.69, 9.17) is 26.4 Å². The predicted molar refractivity (Wildman–Crippen MR) is 128 cm³/mol. The van der Waals surface area contributed by atoms with Gasteiger partial charge in [-0.15, -0.1) is 0 Å². The Labute approximate surface area is 201 Å². The second-order valence-electron chi connectivity index (χ2n) is 7.90. The molecule has 2 aromatic carbocycles. The molecule has 2 amide bonds. The zero-order chi connectivity index (χ0) is 23.7. The fourth-order valence-electron chi connectivity index (χ4n) is 3.89. The van der Waals surface area contributed by atoms with E-state index in [0.717, 1.165) is 16.9 Å². The molecule has 1 N–H and O–H groups in total. The van der Waals surface area contributed by atoms with Gasteiger partial charge in [-0.25, -0.2) is 4.99 Å². The van der Waals surface area contributed by atoms with Crippen LogP contribution < -0.4 is 10.1 Å². The number of ether oxygens (including phenoxy) is 3. The van der Waals surface area contributed by atoms with Gasteiger partial charge in [0.1, 0.15) is 11.7 Å². The Bertz CT molecular complexity index is 1270. The predicted octanol–water partition coefficient (Wildman–Crippen LogP) is 3.10. The number of aliphatic imine (C=N–C) groups is 1. The van der Waals surface area contributed by atoms with Gasteiger partial charge in [-0.05, 0) is 53.7 Å². The van der Waals surface area contributed by atoms with Crippen molar-refractivity contribution in [3.63, 3.8) is 0 Å². The molecule has 2 aliphatic heterocycles. The number of fused-ring (bicyclic) bond motifs is 2. The molecule has 8 nitrogen and oxygen atoms in total. The minimum atomic E-state index is -0.561. The molecule has 3 aliphatic rings. The van der Waals surface area contributed by atoms with Crippen molar-refractivity contribution < 1.29 is 23.8 Å². The third kappa shape index (κ3) is 4.29. The molecule has 0 radical (unpaired) electrons. The molecule has 0 aromatic heterocycles. The maximum atomic E-state index is 13.1. The van der Waals surface area contributed by atoms with E-state index < -0.39 is 5.92 Å². The molecule has 0 saturated carbocycles. The second-order valence-corrected chi connectivity index (χ2v) is 8.26. The van der Waals surface area contributed by atoms with Crippen LogP contribution in [-0.4, -0.2) is 41.4 Å². The summed E-state index contributed by atoms with van der Waals surface area (Å²) in [7, 11) is 1.60. The van der Waals surface area contributed by atoms with E-state index >= 15 is 0 Å². The molecule has 1 unspecified atom stereocenters. The normalized spacial score (nSPS) is 18.6. The largest absolute Gasteiger partial charge is 0.497 e. The summed E-state index contributed by atoms with van der Waals surface area (Å²) in [5.41, 5.74) is 2.85. The Kier molecular flexibility index (Phi) is 5.85. The van der Waals surface area contributed by atoms with Gasteiger partial charge in [0.05, 0.1) is 19.4 Å². The summed E-state index contributed by atoms with van der Waals surface area (Å²) in [5.74, 6) is 0.932. The number of nitrogens with one attached hydrogen (secondary N) is 1. The van der Waals surface area contributed by atoms with Gasteiger partial charge < -0.3 is 19.5 Å². The highest BCUT2D eigenvalue weighted by molar-refractivity contribution is 7.80. The lowest BCUT2D eigenvalue weighted by Gasteiger charge is -2.30. The number of hydrogen-bond acceptors (Lipinski definition) is 6. The molecule has 1 saturated heterocycles. The Balaban J connectivity index is 1.23. The van der Waals surface area contributed by atoms with E-state index in [-0.39, 0.29) is 30.3 Å². The molecular weight excluding hydrogens is 454 g/mol. The second kappa shape index (κ2) is 9.11. The van der Waals surface area contributed by atoms with Gasteiger partial charge in [-0.1, -0.05) is 24.3 Å². The topological polar surface area (TPSA) is 89.5 Å². The Morgan fingerprint density at radius 3 is 2.76 bits per heavy atom. The van der Waals surface area contributed by atoms with Crippen molar-refractivity contribution in [2.75, 3.05) is 13.9 Å². The lowest BCUT2D eigenvalue weighted by atomic mass is 9.93. The molecule has 2 heterocycles. The van der Waals surface area contributed by atoms with Gasteiger partial charge in [0.15, 0.2) is 11.5 Å². The first-order chi connectivity index (χ1) is 16.5. The number of carbonyl (C=O) groups excluding carboxylic acids is 2. The molecule has 2 aromatic rings. The number of carbonyl (C=O) groups is 2. The van der Waals surface area contributed by atoms with Crippen LogP contribution in [-0.2, 0) is 27.4 Å². The zero-order valence-corrected chi connectivity index (χ0v) is 19.1. The molecule has 0 spiro atoms. The molecule has 5 rings (SSSR count). The van der Waals surface area contributed by atoms with E-state index in [1.807, 2.05) is 24.3 Å². The van der Waals surface area contributed by atoms with Crippen LogP contribution in [0.1, 0.15) is 21.5 Å². The standard InChI is InChI=1S/C25H21N3O5S/c1-31-18-4-2-3-16(9-18)12-26-23(29)17-7-5-15(6-8-17)13-28-24(30)19-10-21-22(33-14-32-21)11-20(19)27-25(28)34/h2-11,19H,12-14H2,1H3,(H,26,29). The highest BCUT2D eigenvalue weighted by Gasteiger charge is 2.38. The van der Waals surface area contributed by atoms with Crippen molar-refractivity contribution >= 4 is 34.9 Å². The van der Waals surface area contributed by atoms with Gasteiger partial charge in [0.25, 0.3) is 5.91 Å². The number of benzene rings is 2. The van der Waals surface area contributed by atoms with Crippen molar-refractivity contribution in [2.45, 2.75) is 13.1 Å². The van der Waals surface area contributed by atoms with Crippen LogP contribution in [0.3, 0.4) is 0 Å². The smallest absolute Gasteiger partial charge is 0.251 e. The summed E-state index contributed by atoms with van der Waals surface area (Å²) in [5, 5.41) is 3.10. The van der Waals surface area contributed by atoms with Crippen LogP contribution in [0.5, 0.6) is 5.75 Å². The molecule has 0 bridgehead atoms. The quantitative estimate of drug-likeness (QED) is 0.646. The third-order valence-electron chi connectivity index (χ3n) is 5.72. The molecule has 172 valence electrons. The van der Waals surface area contributed by atoms with Crippen molar-refractivity contribution in [1.29, 1.82) is 0 Å². The van der Waals surface area contributed by atoms with Crippen molar-refractivity contribution in [3.05, 3.63) is 88.9 Å². The number of hydrogen-bond donors (Lipinski definition) is 1. The van der Waals surface area contributed by atoms with Gasteiger partial charge in [0, 0.05) is 18.2 Å². The van der Waals surface area contributed by atoms with Crippen LogP contribution in [0, 0.1) is 5.92 Å². The minimum absolute atomic E-state index is 0.124. The maximum absolute atomic E-state index is 13.1. The number of amides is 2. The number of rotatable bonds is 6. The highest BCUT2D eigenvalue weighted by atomic mass is 32.1. The summed E-state index contributed by atoms with van der Waals surface area (Å²) in [6.45, 7) is 0.768. The van der Waals surface area contributed by atoms with Gasteiger partial charge in [-0.2, -0.15) is 0 Å². The summed E-state index contributed by atoms with van der Waals surface area (Å²) in [6, 6.07) is 14.6. The number of methoxy groups -OCH3 is 1. The lowest BCUT2D eigenvalue weighted by Crippen LogP contribution is -2.45. The lowest BCUT2D eigenvalue weighted by molar-refractivity contribution is -0.129. The first kappa shape index (κ1) is 21.8. The molecule has 1 aliphatic carbocycles. The van der Waals surface area contributed by atoms with Gasteiger partial charge in [-0.3, -0.25) is 14.5 Å². The summed E-state index contributed by atoms with van der Waals surface area (Å²) >= 11 is 5.38. The SMILES string of the molecule is COc1cccc(CNC(=O)c2ccc(CN3C(=O)C4C=C5OCOC5=CC4=NC3=S)cc2)c1. The van der Waals surface area contributed by atoms with Crippen molar-refractivity contribution in [3.8, 4) is 5.75 Å². The number of thiocarbonyl (C=S) groups is 1.